The molecule has 7 heteroatoms. The molecule has 1 aliphatic carbocycles. The van der Waals surface area contributed by atoms with Crippen LogP contribution < -0.4 is 0 Å². The van der Waals surface area contributed by atoms with Crippen LogP contribution in [0.4, 0.5) is 13.2 Å². The van der Waals surface area contributed by atoms with Crippen LogP contribution in [-0.2, 0) is 19.1 Å². The van der Waals surface area contributed by atoms with Crippen molar-refractivity contribution in [3.63, 3.8) is 0 Å². The fourth-order valence-corrected chi connectivity index (χ4v) is 1.50. The van der Waals surface area contributed by atoms with Gasteiger partial charge in [0.25, 0.3) is 0 Å². The molecule has 0 aromatic rings. The third-order valence-corrected chi connectivity index (χ3v) is 2.10. The van der Waals surface area contributed by atoms with Crippen molar-refractivity contribution in [1.82, 2.24) is 0 Å². The lowest BCUT2D eigenvalue weighted by molar-refractivity contribution is -0.166. The van der Waals surface area contributed by atoms with E-state index in [0.29, 0.717) is 0 Å². The van der Waals surface area contributed by atoms with Crippen LogP contribution in [0.25, 0.3) is 0 Å². The Morgan fingerprint density at radius 2 is 1.72 bits per heavy atom. The molecule has 0 aromatic carbocycles. The molecule has 0 saturated heterocycles. The second kappa shape index (κ2) is 5.24. The van der Waals surface area contributed by atoms with Crippen LogP contribution in [-0.4, -0.2) is 30.3 Å². The normalized spacial score (nSPS) is 23.3. The summed E-state index contributed by atoms with van der Waals surface area (Å²) < 4.78 is 47.4. The molecule has 0 unspecified atom stereocenters. The number of carbonyl (C=O) groups is 2. The van der Waals surface area contributed by atoms with E-state index in [1.165, 1.54) is 6.08 Å². The highest BCUT2D eigenvalue weighted by Gasteiger charge is 2.45. The molecular formula is C11H11F3O4. The summed E-state index contributed by atoms with van der Waals surface area (Å²) in [5.74, 6) is -1.65. The van der Waals surface area contributed by atoms with Crippen LogP contribution >= 0.6 is 0 Å². The Kier molecular flexibility index (Phi) is 4.15. The van der Waals surface area contributed by atoms with Crippen molar-refractivity contribution >= 4 is 11.9 Å². The van der Waals surface area contributed by atoms with E-state index in [9.17, 15) is 22.8 Å². The maximum atomic E-state index is 12.7. The molecule has 1 aliphatic rings. The van der Waals surface area contributed by atoms with Crippen molar-refractivity contribution < 1.29 is 32.2 Å². The Morgan fingerprint density at radius 1 is 1.17 bits per heavy atom. The van der Waals surface area contributed by atoms with Gasteiger partial charge in [0, 0.05) is 13.8 Å². The summed E-state index contributed by atoms with van der Waals surface area (Å²) in [6, 6.07) is 0. The second-order valence-electron chi connectivity index (χ2n) is 3.61. The Morgan fingerprint density at radius 3 is 2.17 bits per heavy atom. The van der Waals surface area contributed by atoms with Gasteiger partial charge in [0.1, 0.15) is 0 Å². The smallest absolute Gasteiger partial charge is 0.416 e. The summed E-state index contributed by atoms with van der Waals surface area (Å²) >= 11 is 0. The van der Waals surface area contributed by atoms with E-state index < -0.39 is 35.9 Å². The minimum Gasteiger partial charge on any atom is -0.454 e. The molecule has 2 atom stereocenters. The summed E-state index contributed by atoms with van der Waals surface area (Å²) in [7, 11) is 0. The van der Waals surface area contributed by atoms with Gasteiger partial charge in [-0.05, 0) is 6.08 Å². The highest BCUT2D eigenvalue weighted by molar-refractivity contribution is 5.68. The zero-order chi connectivity index (χ0) is 13.9. The summed E-state index contributed by atoms with van der Waals surface area (Å²) in [6.45, 7) is 2.04. The number of alkyl halides is 3. The number of allylic oxidation sites excluding steroid dienone is 2. The average molecular weight is 264 g/mol. The molecule has 18 heavy (non-hydrogen) atoms. The fraction of sp³-hybridized carbons (Fsp3) is 0.455. The minimum atomic E-state index is -4.66. The SMILES string of the molecule is CC(=O)O[C@H]1C=CC=C(C(F)(F)F)[C@H]1OC(C)=O. The third-order valence-electron chi connectivity index (χ3n) is 2.10. The summed E-state index contributed by atoms with van der Waals surface area (Å²) in [5, 5.41) is 0. The van der Waals surface area contributed by atoms with E-state index in [4.69, 9.17) is 0 Å². The van der Waals surface area contributed by atoms with Gasteiger partial charge < -0.3 is 9.47 Å². The number of rotatable bonds is 2. The van der Waals surface area contributed by atoms with Gasteiger partial charge in [0.05, 0.1) is 5.57 Å². The molecule has 0 saturated carbocycles. The quantitative estimate of drug-likeness (QED) is 0.715. The third kappa shape index (κ3) is 3.61. The molecule has 0 N–H and O–H groups in total. The largest absolute Gasteiger partial charge is 0.454 e. The Labute approximate surface area is 101 Å². The highest BCUT2D eigenvalue weighted by Crippen LogP contribution is 2.34. The first-order chi connectivity index (χ1) is 8.21. The maximum absolute atomic E-state index is 12.7. The number of hydrogen-bond acceptors (Lipinski definition) is 4. The van der Waals surface area contributed by atoms with Crippen molar-refractivity contribution in [1.29, 1.82) is 0 Å². The molecule has 0 amide bonds. The first-order valence-corrected chi connectivity index (χ1v) is 5.02. The molecule has 0 radical (unpaired) electrons. The summed E-state index contributed by atoms with van der Waals surface area (Å²) in [4.78, 5) is 21.6. The number of halogens is 3. The highest BCUT2D eigenvalue weighted by atomic mass is 19.4. The Bertz CT molecular complexity index is 409. The molecule has 0 aromatic heterocycles. The van der Waals surface area contributed by atoms with Crippen LogP contribution in [0.1, 0.15) is 13.8 Å². The van der Waals surface area contributed by atoms with Crippen molar-refractivity contribution in [2.75, 3.05) is 0 Å². The summed E-state index contributed by atoms with van der Waals surface area (Å²) in [6.07, 6.45) is -4.48. The maximum Gasteiger partial charge on any atom is 0.416 e. The van der Waals surface area contributed by atoms with Gasteiger partial charge in [-0.15, -0.1) is 0 Å². The van der Waals surface area contributed by atoms with Crippen molar-refractivity contribution in [3.8, 4) is 0 Å². The first-order valence-electron chi connectivity index (χ1n) is 5.02. The van der Waals surface area contributed by atoms with Crippen molar-refractivity contribution in [2.45, 2.75) is 32.2 Å². The van der Waals surface area contributed by atoms with E-state index in [1.54, 1.807) is 0 Å². The Balaban J connectivity index is 3.02. The molecule has 1 rings (SSSR count). The average Bonchev–Trinajstić information content (AvgIpc) is 2.17. The predicted octanol–water partition coefficient (Wildman–Crippen LogP) is 1.91. The van der Waals surface area contributed by atoms with Gasteiger partial charge in [-0.25, -0.2) is 0 Å². The fourth-order valence-electron chi connectivity index (χ4n) is 1.50. The lowest BCUT2D eigenvalue weighted by atomic mass is 9.98. The topological polar surface area (TPSA) is 52.6 Å². The Hall–Kier alpha value is -1.79. The number of esters is 2. The first kappa shape index (κ1) is 14.3. The molecule has 0 heterocycles. The van der Waals surface area contributed by atoms with Crippen LogP contribution in [0.2, 0.25) is 0 Å². The van der Waals surface area contributed by atoms with Gasteiger partial charge in [-0.1, -0.05) is 12.2 Å². The van der Waals surface area contributed by atoms with Crippen LogP contribution in [0.15, 0.2) is 23.8 Å². The second-order valence-corrected chi connectivity index (χ2v) is 3.61. The number of carbonyl (C=O) groups excluding carboxylic acids is 2. The van der Waals surface area contributed by atoms with Gasteiger partial charge in [0.15, 0.2) is 12.2 Å². The zero-order valence-electron chi connectivity index (χ0n) is 9.65. The van der Waals surface area contributed by atoms with Crippen molar-refractivity contribution in [2.24, 2.45) is 0 Å². The van der Waals surface area contributed by atoms with E-state index in [2.05, 4.69) is 9.47 Å². The van der Waals surface area contributed by atoms with Crippen LogP contribution in [0.3, 0.4) is 0 Å². The molecule has 0 fully saturated rings. The molecule has 100 valence electrons. The minimum absolute atomic E-state index is 0.759. The molecule has 0 aliphatic heterocycles. The van der Waals surface area contributed by atoms with Gasteiger partial charge in [0.2, 0.25) is 0 Å². The molecule has 0 bridgehead atoms. The molecule has 4 nitrogen and oxygen atoms in total. The van der Waals surface area contributed by atoms with Gasteiger partial charge >= 0.3 is 18.1 Å². The summed E-state index contributed by atoms with van der Waals surface area (Å²) in [5.41, 5.74) is -1.06. The van der Waals surface area contributed by atoms with Crippen molar-refractivity contribution in [3.05, 3.63) is 23.8 Å². The van der Waals surface area contributed by atoms with Gasteiger partial charge in [-0.2, -0.15) is 13.2 Å². The van der Waals surface area contributed by atoms with E-state index in [0.717, 1.165) is 26.0 Å². The standard InChI is InChI=1S/C11H11F3O4/c1-6(15)17-9-5-3-4-8(11(12,13)14)10(9)18-7(2)16/h3-5,9-10H,1-2H3/t9-,10+/m0/s1. The van der Waals surface area contributed by atoms with E-state index in [-0.39, 0.29) is 0 Å². The lowest BCUT2D eigenvalue weighted by Crippen LogP contribution is -2.40. The molecule has 0 spiro atoms. The van der Waals surface area contributed by atoms with E-state index >= 15 is 0 Å². The lowest BCUT2D eigenvalue weighted by Gasteiger charge is -2.29. The van der Waals surface area contributed by atoms with Crippen LogP contribution in [0, 0.1) is 0 Å². The van der Waals surface area contributed by atoms with Crippen LogP contribution in [0.5, 0.6) is 0 Å². The predicted molar refractivity (Wildman–Crippen MR) is 54.4 cm³/mol. The molecular weight excluding hydrogens is 253 g/mol. The zero-order valence-corrected chi connectivity index (χ0v) is 9.65. The monoisotopic (exact) mass is 264 g/mol. The van der Waals surface area contributed by atoms with Gasteiger partial charge in [-0.3, -0.25) is 9.59 Å². The van der Waals surface area contributed by atoms with E-state index in [1.807, 2.05) is 0 Å². The number of hydrogen-bond donors (Lipinski definition) is 0. The number of ether oxygens (including phenoxy) is 2.